The lowest BCUT2D eigenvalue weighted by molar-refractivity contribution is -0.140. The molecule has 1 saturated heterocycles. The molecule has 3 fully saturated rings. The van der Waals surface area contributed by atoms with Crippen LogP contribution < -0.4 is 16.1 Å². The third kappa shape index (κ3) is 3.83. The number of urea groups is 1. The van der Waals surface area contributed by atoms with E-state index in [2.05, 4.69) is 23.0 Å². The van der Waals surface area contributed by atoms with Crippen LogP contribution in [0.5, 0.6) is 0 Å². The van der Waals surface area contributed by atoms with Crippen LogP contribution in [-0.2, 0) is 14.4 Å². The summed E-state index contributed by atoms with van der Waals surface area (Å²) in [6.45, 7) is 1.89. The molecule has 1 heterocycles. The number of carbonyl (C=O) groups excluding carboxylic acids is 4. The van der Waals surface area contributed by atoms with Crippen LogP contribution in [0.15, 0.2) is 0 Å². The zero-order chi connectivity index (χ0) is 18.7. The quantitative estimate of drug-likeness (QED) is 0.652. The zero-order valence-electron chi connectivity index (χ0n) is 15.3. The van der Waals surface area contributed by atoms with Gasteiger partial charge in [-0.3, -0.25) is 19.8 Å². The average molecular weight is 364 g/mol. The number of hydrogen-bond donors (Lipinski definition) is 3. The van der Waals surface area contributed by atoms with Crippen LogP contribution in [0.1, 0.15) is 64.7 Å². The van der Waals surface area contributed by atoms with Gasteiger partial charge < -0.3 is 10.6 Å². The van der Waals surface area contributed by atoms with Crippen LogP contribution >= 0.6 is 0 Å². The molecule has 0 atom stereocenters. The number of nitrogens with one attached hydrogen (secondary N) is 3. The highest BCUT2D eigenvalue weighted by molar-refractivity contribution is 6.08. The minimum atomic E-state index is -0.887. The summed E-state index contributed by atoms with van der Waals surface area (Å²) >= 11 is 0. The Labute approximate surface area is 153 Å². The standard InChI is InChI=1S/C18H28N4O4/c1-12-7-9-18(10-8-12)16(25)22(17(26)20-18)21-14(23)11-19-15(24)13-5-3-2-4-6-13/h12-13H,2-11H2,1H3,(H,19,24)(H,20,26)(H,21,23). The van der Waals surface area contributed by atoms with Crippen LogP contribution in [-0.4, -0.2) is 40.8 Å². The molecule has 26 heavy (non-hydrogen) atoms. The van der Waals surface area contributed by atoms with Crippen molar-refractivity contribution in [3.63, 3.8) is 0 Å². The van der Waals surface area contributed by atoms with Crippen molar-refractivity contribution >= 4 is 23.8 Å². The number of nitrogens with zero attached hydrogens (tertiary/aromatic N) is 1. The second kappa shape index (κ2) is 7.63. The maximum Gasteiger partial charge on any atom is 0.344 e. The molecule has 1 spiro atoms. The fraction of sp³-hybridized carbons (Fsp3) is 0.778. The van der Waals surface area contributed by atoms with Gasteiger partial charge in [0.15, 0.2) is 0 Å². The van der Waals surface area contributed by atoms with Gasteiger partial charge in [-0.2, -0.15) is 5.01 Å². The molecule has 0 aromatic rings. The van der Waals surface area contributed by atoms with Gasteiger partial charge in [-0.1, -0.05) is 26.2 Å². The van der Waals surface area contributed by atoms with E-state index in [-0.39, 0.29) is 18.4 Å². The minimum Gasteiger partial charge on any atom is -0.347 e. The Morgan fingerprint density at radius 1 is 1.12 bits per heavy atom. The summed E-state index contributed by atoms with van der Waals surface area (Å²) in [7, 11) is 0. The first-order valence-corrected chi connectivity index (χ1v) is 9.65. The van der Waals surface area contributed by atoms with E-state index in [1.54, 1.807) is 0 Å². The van der Waals surface area contributed by atoms with Gasteiger partial charge in [0.05, 0.1) is 6.54 Å². The van der Waals surface area contributed by atoms with Crippen molar-refractivity contribution in [3.05, 3.63) is 0 Å². The predicted octanol–water partition coefficient (Wildman–Crippen LogP) is 1.21. The molecule has 2 aliphatic carbocycles. The van der Waals surface area contributed by atoms with E-state index in [9.17, 15) is 19.2 Å². The molecular formula is C18H28N4O4. The van der Waals surface area contributed by atoms with Crippen molar-refractivity contribution in [1.29, 1.82) is 0 Å². The summed E-state index contributed by atoms with van der Waals surface area (Å²) < 4.78 is 0. The second-order valence-corrected chi connectivity index (χ2v) is 7.92. The largest absolute Gasteiger partial charge is 0.347 e. The van der Waals surface area contributed by atoms with E-state index in [4.69, 9.17) is 0 Å². The first kappa shape index (κ1) is 18.7. The van der Waals surface area contributed by atoms with Crippen molar-refractivity contribution in [2.45, 2.75) is 70.3 Å². The number of hydrogen-bond acceptors (Lipinski definition) is 4. The summed E-state index contributed by atoms with van der Waals surface area (Å²) in [5.74, 6) is -0.611. The van der Waals surface area contributed by atoms with Gasteiger partial charge in [0.25, 0.3) is 11.8 Å². The number of carbonyl (C=O) groups is 4. The van der Waals surface area contributed by atoms with Gasteiger partial charge >= 0.3 is 6.03 Å². The van der Waals surface area contributed by atoms with E-state index in [1.165, 1.54) is 0 Å². The van der Waals surface area contributed by atoms with Crippen molar-refractivity contribution in [2.75, 3.05) is 6.54 Å². The normalized spacial score (nSPS) is 29.6. The van der Waals surface area contributed by atoms with Crippen molar-refractivity contribution in [1.82, 2.24) is 21.1 Å². The van der Waals surface area contributed by atoms with E-state index in [0.29, 0.717) is 18.8 Å². The Bertz CT molecular complexity index is 592. The van der Waals surface area contributed by atoms with Crippen LogP contribution in [0.4, 0.5) is 4.79 Å². The summed E-state index contributed by atoms with van der Waals surface area (Å²) in [6.07, 6.45) is 7.82. The van der Waals surface area contributed by atoms with Crippen LogP contribution in [0.3, 0.4) is 0 Å². The fourth-order valence-corrected chi connectivity index (χ4v) is 4.16. The molecule has 3 N–H and O–H groups in total. The Morgan fingerprint density at radius 2 is 1.77 bits per heavy atom. The maximum absolute atomic E-state index is 12.7. The molecule has 8 heteroatoms. The molecule has 0 bridgehead atoms. The molecule has 8 nitrogen and oxygen atoms in total. The summed E-state index contributed by atoms with van der Waals surface area (Å²) in [5, 5.41) is 6.13. The second-order valence-electron chi connectivity index (χ2n) is 7.92. The lowest BCUT2D eigenvalue weighted by atomic mass is 9.77. The molecule has 1 aliphatic heterocycles. The molecule has 0 unspecified atom stereocenters. The molecule has 0 aromatic carbocycles. The van der Waals surface area contributed by atoms with Gasteiger partial charge in [0.2, 0.25) is 5.91 Å². The highest BCUT2D eigenvalue weighted by Crippen LogP contribution is 2.35. The highest BCUT2D eigenvalue weighted by Gasteiger charge is 2.52. The van der Waals surface area contributed by atoms with Gasteiger partial charge in [-0.25, -0.2) is 4.79 Å². The Balaban J connectivity index is 1.50. The van der Waals surface area contributed by atoms with E-state index < -0.39 is 23.4 Å². The van der Waals surface area contributed by atoms with Gasteiger partial charge in [0.1, 0.15) is 5.54 Å². The van der Waals surface area contributed by atoms with Crippen molar-refractivity contribution in [3.8, 4) is 0 Å². The molecule has 0 aromatic heterocycles. The highest BCUT2D eigenvalue weighted by atomic mass is 16.2. The SMILES string of the molecule is CC1CCC2(CC1)NC(=O)N(NC(=O)CNC(=O)C1CCCCC1)C2=O. The van der Waals surface area contributed by atoms with Crippen molar-refractivity contribution in [2.24, 2.45) is 11.8 Å². The topological polar surface area (TPSA) is 108 Å². The predicted molar refractivity (Wildman–Crippen MR) is 93.5 cm³/mol. The van der Waals surface area contributed by atoms with Gasteiger partial charge in [-0.15, -0.1) is 0 Å². The van der Waals surface area contributed by atoms with Crippen LogP contribution in [0, 0.1) is 11.8 Å². The number of amides is 5. The lowest BCUT2D eigenvalue weighted by Crippen LogP contribution is -2.53. The molecule has 3 aliphatic rings. The summed E-state index contributed by atoms with van der Waals surface area (Å²) in [6, 6.07) is -0.600. The third-order valence-corrected chi connectivity index (χ3v) is 5.93. The fourth-order valence-electron chi connectivity index (χ4n) is 4.16. The number of imide groups is 1. The van der Waals surface area contributed by atoms with E-state index in [0.717, 1.165) is 50.0 Å². The maximum atomic E-state index is 12.7. The number of rotatable bonds is 4. The first-order valence-electron chi connectivity index (χ1n) is 9.65. The van der Waals surface area contributed by atoms with E-state index in [1.807, 2.05) is 0 Å². The summed E-state index contributed by atoms with van der Waals surface area (Å²) in [4.78, 5) is 49.0. The molecule has 2 saturated carbocycles. The first-order chi connectivity index (χ1) is 12.4. The minimum absolute atomic E-state index is 0.0410. The Kier molecular flexibility index (Phi) is 5.48. The van der Waals surface area contributed by atoms with Gasteiger partial charge in [0, 0.05) is 5.92 Å². The average Bonchev–Trinajstić information content (AvgIpc) is 2.87. The third-order valence-electron chi connectivity index (χ3n) is 5.93. The molecule has 5 amide bonds. The monoisotopic (exact) mass is 364 g/mol. The van der Waals surface area contributed by atoms with Crippen molar-refractivity contribution < 1.29 is 19.2 Å². The van der Waals surface area contributed by atoms with E-state index >= 15 is 0 Å². The zero-order valence-corrected chi connectivity index (χ0v) is 15.3. The van der Waals surface area contributed by atoms with Gasteiger partial charge in [-0.05, 0) is 44.4 Å². The Hall–Kier alpha value is -2.12. The molecule has 0 radical (unpaired) electrons. The van der Waals surface area contributed by atoms with Crippen LogP contribution in [0.2, 0.25) is 0 Å². The Morgan fingerprint density at radius 3 is 2.42 bits per heavy atom. The molecule has 3 rings (SSSR count). The lowest BCUT2D eigenvalue weighted by Gasteiger charge is -2.33. The molecule has 144 valence electrons. The molecular weight excluding hydrogens is 336 g/mol. The van der Waals surface area contributed by atoms with Crippen LogP contribution in [0.25, 0.3) is 0 Å². The summed E-state index contributed by atoms with van der Waals surface area (Å²) in [5.41, 5.74) is 1.45. The number of hydrazine groups is 1. The smallest absolute Gasteiger partial charge is 0.344 e.